The number of aromatic nitrogens is 2. The maximum atomic E-state index is 13.4. The Bertz CT molecular complexity index is 1420. The van der Waals surface area contributed by atoms with Crippen molar-refractivity contribution in [2.45, 2.75) is 33.3 Å². The number of fused-ring (bicyclic) bond motifs is 1. The molecule has 0 aliphatic heterocycles. The molecule has 0 aliphatic rings. The first-order chi connectivity index (χ1) is 17.0. The van der Waals surface area contributed by atoms with E-state index >= 15 is 0 Å². The molecule has 0 atom stereocenters. The molecule has 6 nitrogen and oxygen atoms in total. The van der Waals surface area contributed by atoms with Gasteiger partial charge in [0.25, 0.3) is 5.56 Å². The molecule has 0 N–H and O–H groups in total. The van der Waals surface area contributed by atoms with Gasteiger partial charge in [0, 0.05) is 11.1 Å². The minimum Gasteiger partial charge on any atom is -0.490 e. The van der Waals surface area contributed by atoms with Crippen LogP contribution in [-0.2, 0) is 6.42 Å². The average Bonchev–Trinajstić information content (AvgIpc) is 2.86. The van der Waals surface area contributed by atoms with Crippen LogP contribution in [0.25, 0.3) is 22.3 Å². The summed E-state index contributed by atoms with van der Waals surface area (Å²) < 4.78 is 13.3. The van der Waals surface area contributed by atoms with Gasteiger partial charge in [-0.05, 0) is 57.0 Å². The van der Waals surface area contributed by atoms with Crippen molar-refractivity contribution in [3.8, 4) is 22.9 Å². The summed E-state index contributed by atoms with van der Waals surface area (Å²) >= 11 is 0. The van der Waals surface area contributed by atoms with E-state index in [4.69, 9.17) is 14.5 Å². The monoisotopic (exact) mass is 467 g/mol. The second kappa shape index (κ2) is 10.8. The van der Waals surface area contributed by atoms with E-state index in [-0.39, 0.29) is 11.7 Å². The van der Waals surface area contributed by atoms with E-state index in [1.807, 2.05) is 87.5 Å². The van der Waals surface area contributed by atoms with Crippen molar-refractivity contribution < 1.29 is 9.47 Å². The normalized spacial score (nSPS) is 11.3. The molecular formula is C29H29N3O3. The molecule has 0 bridgehead atoms. The lowest BCUT2D eigenvalue weighted by Gasteiger charge is -2.18. The molecule has 0 saturated heterocycles. The summed E-state index contributed by atoms with van der Waals surface area (Å²) in [5.41, 5.74) is 2.91. The van der Waals surface area contributed by atoms with Crippen molar-refractivity contribution in [3.63, 3.8) is 0 Å². The first-order valence-corrected chi connectivity index (χ1v) is 11.7. The predicted octanol–water partition coefficient (Wildman–Crippen LogP) is 5.86. The lowest BCUT2D eigenvalue weighted by atomic mass is 10.1. The fourth-order valence-electron chi connectivity index (χ4n) is 3.83. The third kappa shape index (κ3) is 5.32. The highest BCUT2D eigenvalue weighted by Gasteiger charge is 2.15. The summed E-state index contributed by atoms with van der Waals surface area (Å²) in [6.07, 6.45) is 4.08. The number of benzene rings is 3. The van der Waals surface area contributed by atoms with E-state index in [1.54, 1.807) is 12.3 Å². The van der Waals surface area contributed by atoms with E-state index in [0.717, 1.165) is 16.7 Å². The van der Waals surface area contributed by atoms with Crippen LogP contribution in [0.15, 0.2) is 89.3 Å². The fourth-order valence-corrected chi connectivity index (χ4v) is 3.83. The summed E-state index contributed by atoms with van der Waals surface area (Å²) in [5.74, 6) is 1.81. The minimum absolute atomic E-state index is 0.00651. The van der Waals surface area contributed by atoms with Crippen LogP contribution in [0, 0.1) is 0 Å². The van der Waals surface area contributed by atoms with Crippen LogP contribution in [-0.4, -0.2) is 28.6 Å². The van der Waals surface area contributed by atoms with Gasteiger partial charge in [0.15, 0.2) is 17.3 Å². The minimum atomic E-state index is -0.234. The average molecular weight is 468 g/mol. The van der Waals surface area contributed by atoms with E-state index in [0.29, 0.717) is 41.3 Å². The molecule has 0 saturated carbocycles. The second-order valence-corrected chi connectivity index (χ2v) is 8.28. The molecule has 1 aromatic heterocycles. The molecular weight excluding hydrogens is 438 g/mol. The summed E-state index contributed by atoms with van der Waals surface area (Å²) in [5, 5.41) is 5.10. The van der Waals surface area contributed by atoms with Crippen molar-refractivity contribution in [2.75, 3.05) is 6.61 Å². The Labute approximate surface area is 205 Å². The van der Waals surface area contributed by atoms with Gasteiger partial charge in [-0.3, -0.25) is 4.79 Å². The van der Waals surface area contributed by atoms with Gasteiger partial charge in [-0.2, -0.15) is 9.78 Å². The maximum Gasteiger partial charge on any atom is 0.282 e. The number of rotatable bonds is 9. The topological polar surface area (TPSA) is 65.7 Å². The lowest BCUT2D eigenvalue weighted by Crippen LogP contribution is -2.20. The Hall–Kier alpha value is -4.19. The van der Waals surface area contributed by atoms with Crippen LogP contribution in [0.3, 0.4) is 0 Å². The molecule has 0 unspecified atom stereocenters. The lowest BCUT2D eigenvalue weighted by molar-refractivity contribution is 0.222. The molecule has 35 heavy (non-hydrogen) atoms. The summed E-state index contributed by atoms with van der Waals surface area (Å²) in [6, 6.07) is 20.7. The summed E-state index contributed by atoms with van der Waals surface area (Å²) in [7, 11) is 0. The standard InChI is InChI=1S/C29H29N3O3/c1-5-12-23-17-21(18-26(34-6-2)27(23)35-20(3)4)19-30-32-28(22-13-8-7-9-14-22)31-25-16-11-10-15-24(25)29(32)33/h5,7-11,13-20H,1,6,12H2,2-4H3. The maximum absolute atomic E-state index is 13.4. The SMILES string of the molecule is C=CCc1cc(C=Nn2c(-c3ccccc3)nc3ccccc3c2=O)cc(OCC)c1OC(C)C. The molecule has 0 fully saturated rings. The molecule has 0 amide bonds. The van der Waals surface area contributed by atoms with Crippen molar-refractivity contribution >= 4 is 17.1 Å². The van der Waals surface area contributed by atoms with Crippen LogP contribution in [0.1, 0.15) is 31.9 Å². The Morgan fingerprint density at radius 1 is 1.09 bits per heavy atom. The zero-order valence-electron chi connectivity index (χ0n) is 20.3. The highest BCUT2D eigenvalue weighted by molar-refractivity contribution is 5.83. The zero-order chi connectivity index (χ0) is 24.8. The molecule has 6 heteroatoms. The quantitative estimate of drug-likeness (QED) is 0.228. The smallest absolute Gasteiger partial charge is 0.282 e. The van der Waals surface area contributed by atoms with Crippen molar-refractivity contribution in [1.82, 2.24) is 9.66 Å². The van der Waals surface area contributed by atoms with Gasteiger partial charge >= 0.3 is 0 Å². The van der Waals surface area contributed by atoms with Crippen molar-refractivity contribution in [1.29, 1.82) is 0 Å². The largest absolute Gasteiger partial charge is 0.490 e. The van der Waals surface area contributed by atoms with Gasteiger partial charge in [-0.25, -0.2) is 4.98 Å². The zero-order valence-corrected chi connectivity index (χ0v) is 20.3. The Kier molecular flexibility index (Phi) is 7.41. The molecule has 1 heterocycles. The second-order valence-electron chi connectivity index (χ2n) is 8.28. The van der Waals surface area contributed by atoms with Crippen LogP contribution in [0.5, 0.6) is 11.5 Å². The van der Waals surface area contributed by atoms with Crippen LogP contribution in [0.2, 0.25) is 0 Å². The van der Waals surface area contributed by atoms with Crippen molar-refractivity contribution in [2.24, 2.45) is 5.10 Å². The van der Waals surface area contributed by atoms with Gasteiger partial charge in [0.2, 0.25) is 0 Å². The number of para-hydroxylation sites is 1. The highest BCUT2D eigenvalue weighted by atomic mass is 16.5. The van der Waals surface area contributed by atoms with Crippen LogP contribution >= 0.6 is 0 Å². The molecule has 0 aliphatic carbocycles. The Morgan fingerprint density at radius 3 is 2.54 bits per heavy atom. The summed E-state index contributed by atoms with van der Waals surface area (Å²) in [6.45, 7) is 10.3. The number of hydrogen-bond donors (Lipinski definition) is 0. The van der Waals surface area contributed by atoms with E-state index in [9.17, 15) is 4.79 Å². The number of allylic oxidation sites excluding steroid dienone is 1. The first-order valence-electron chi connectivity index (χ1n) is 11.7. The molecule has 3 aromatic carbocycles. The number of nitrogens with zero attached hydrogens (tertiary/aromatic N) is 3. The van der Waals surface area contributed by atoms with E-state index in [1.165, 1.54) is 4.68 Å². The number of ether oxygens (including phenoxy) is 2. The molecule has 4 rings (SSSR count). The first kappa shape index (κ1) is 24.0. The number of hydrogen-bond acceptors (Lipinski definition) is 5. The van der Waals surface area contributed by atoms with Gasteiger partial charge in [0.1, 0.15) is 0 Å². The Morgan fingerprint density at radius 2 is 1.83 bits per heavy atom. The summed E-state index contributed by atoms with van der Waals surface area (Å²) in [4.78, 5) is 18.2. The highest BCUT2D eigenvalue weighted by Crippen LogP contribution is 2.34. The van der Waals surface area contributed by atoms with E-state index < -0.39 is 0 Å². The van der Waals surface area contributed by atoms with E-state index in [2.05, 4.69) is 11.7 Å². The van der Waals surface area contributed by atoms with Gasteiger partial charge in [0.05, 0.1) is 29.8 Å². The molecule has 178 valence electrons. The molecule has 4 aromatic rings. The van der Waals surface area contributed by atoms with Crippen LogP contribution < -0.4 is 15.0 Å². The van der Waals surface area contributed by atoms with Gasteiger partial charge in [-0.1, -0.05) is 48.5 Å². The van der Waals surface area contributed by atoms with Gasteiger partial charge < -0.3 is 9.47 Å². The third-order valence-corrected chi connectivity index (χ3v) is 5.28. The molecule has 0 radical (unpaired) electrons. The molecule has 0 spiro atoms. The van der Waals surface area contributed by atoms with Crippen LogP contribution in [0.4, 0.5) is 0 Å². The van der Waals surface area contributed by atoms with Gasteiger partial charge in [-0.15, -0.1) is 6.58 Å². The van der Waals surface area contributed by atoms with Crippen molar-refractivity contribution in [3.05, 3.63) is 101 Å². The predicted molar refractivity (Wildman–Crippen MR) is 142 cm³/mol. The Balaban J connectivity index is 1.87. The fraction of sp³-hybridized carbons (Fsp3) is 0.207. The third-order valence-electron chi connectivity index (χ3n) is 5.28.